The largest absolute Gasteiger partial charge is 0.419 e. The first kappa shape index (κ1) is 22.6. The quantitative estimate of drug-likeness (QED) is 0.619. The van der Waals surface area contributed by atoms with Crippen LogP contribution in [0.3, 0.4) is 0 Å². The van der Waals surface area contributed by atoms with Crippen LogP contribution in [0.1, 0.15) is 25.1 Å². The molecular formula is C17H21ClF3N7O. The van der Waals surface area contributed by atoms with Gasteiger partial charge in [-0.15, -0.1) is 12.4 Å². The number of aromatic nitrogens is 5. The highest BCUT2D eigenvalue weighted by Crippen LogP contribution is 2.28. The highest BCUT2D eigenvalue weighted by Gasteiger charge is 2.33. The summed E-state index contributed by atoms with van der Waals surface area (Å²) in [5, 5.41) is 6.47. The molecule has 0 fully saturated rings. The van der Waals surface area contributed by atoms with Crippen molar-refractivity contribution in [1.82, 2.24) is 29.5 Å². The summed E-state index contributed by atoms with van der Waals surface area (Å²) in [6.45, 7) is 3.43. The van der Waals surface area contributed by atoms with Gasteiger partial charge in [0.05, 0.1) is 36.1 Å². The van der Waals surface area contributed by atoms with Gasteiger partial charge in [-0.2, -0.15) is 18.3 Å². The lowest BCUT2D eigenvalue weighted by Gasteiger charge is -2.27. The van der Waals surface area contributed by atoms with E-state index in [9.17, 15) is 18.0 Å². The second kappa shape index (κ2) is 8.37. The Kier molecular flexibility index (Phi) is 6.53. The molecule has 0 aromatic carbocycles. The van der Waals surface area contributed by atoms with Crippen LogP contribution in [0.15, 0.2) is 37.1 Å². The number of nitrogens with one attached hydrogen (secondary N) is 1. The van der Waals surface area contributed by atoms with Crippen molar-refractivity contribution in [3.63, 3.8) is 0 Å². The maximum Gasteiger partial charge on any atom is 0.419 e. The van der Waals surface area contributed by atoms with Crippen molar-refractivity contribution in [3.8, 4) is 0 Å². The number of amides is 1. The van der Waals surface area contributed by atoms with Gasteiger partial charge in [0.1, 0.15) is 0 Å². The fourth-order valence-corrected chi connectivity index (χ4v) is 2.81. The molecule has 0 bridgehead atoms. The van der Waals surface area contributed by atoms with E-state index in [2.05, 4.69) is 20.4 Å². The summed E-state index contributed by atoms with van der Waals surface area (Å²) in [4.78, 5) is 20.7. The van der Waals surface area contributed by atoms with Crippen LogP contribution in [0.25, 0.3) is 5.78 Å². The summed E-state index contributed by atoms with van der Waals surface area (Å²) in [6, 6.07) is 0.884. The number of nitrogens with two attached hydrogens (primary N) is 1. The summed E-state index contributed by atoms with van der Waals surface area (Å²) in [6.07, 6.45) is 2.41. The molecule has 0 spiro atoms. The lowest BCUT2D eigenvalue weighted by atomic mass is 10.0. The number of carbonyl (C=O) groups is 1. The lowest BCUT2D eigenvalue weighted by molar-refractivity contribution is -0.137. The van der Waals surface area contributed by atoms with Gasteiger partial charge in [0.2, 0.25) is 11.7 Å². The van der Waals surface area contributed by atoms with Gasteiger partial charge < -0.3 is 11.1 Å². The number of rotatable bonds is 6. The molecule has 0 aliphatic carbocycles. The average molecular weight is 432 g/mol. The van der Waals surface area contributed by atoms with Crippen molar-refractivity contribution >= 4 is 24.1 Å². The van der Waals surface area contributed by atoms with E-state index in [1.807, 2.05) is 0 Å². The van der Waals surface area contributed by atoms with E-state index in [-0.39, 0.29) is 25.4 Å². The molecule has 3 aromatic heterocycles. The molecule has 3 rings (SSSR count). The molecule has 0 aliphatic rings. The summed E-state index contributed by atoms with van der Waals surface area (Å²) >= 11 is 0. The maximum absolute atomic E-state index is 12.7. The van der Waals surface area contributed by atoms with E-state index in [1.165, 1.54) is 0 Å². The number of nitrogens with zero attached hydrogens (tertiary/aromatic N) is 5. The zero-order valence-electron chi connectivity index (χ0n) is 15.7. The molecule has 0 saturated heterocycles. The number of alkyl halides is 3. The third-order valence-corrected chi connectivity index (χ3v) is 4.11. The fraction of sp³-hybridized carbons (Fsp3) is 0.412. The molecule has 0 aliphatic heterocycles. The van der Waals surface area contributed by atoms with Crippen LogP contribution < -0.4 is 11.1 Å². The molecular weight excluding hydrogens is 411 g/mol. The van der Waals surface area contributed by atoms with Gasteiger partial charge in [0.15, 0.2) is 0 Å². The van der Waals surface area contributed by atoms with Crippen LogP contribution in [-0.4, -0.2) is 41.6 Å². The Labute approximate surface area is 170 Å². The van der Waals surface area contributed by atoms with E-state index >= 15 is 0 Å². The van der Waals surface area contributed by atoms with Gasteiger partial charge in [0.25, 0.3) is 0 Å². The first-order valence-corrected chi connectivity index (χ1v) is 8.49. The summed E-state index contributed by atoms with van der Waals surface area (Å²) in [5.41, 5.74) is 5.05. The van der Waals surface area contributed by atoms with Crippen molar-refractivity contribution in [3.05, 3.63) is 48.3 Å². The van der Waals surface area contributed by atoms with E-state index in [0.29, 0.717) is 5.78 Å². The Morgan fingerprint density at radius 3 is 2.66 bits per heavy atom. The third-order valence-electron chi connectivity index (χ3n) is 4.11. The molecule has 0 unspecified atom stereocenters. The van der Waals surface area contributed by atoms with Crippen LogP contribution in [0.4, 0.5) is 13.2 Å². The number of hydrogen-bond acceptors (Lipinski definition) is 5. The van der Waals surface area contributed by atoms with Gasteiger partial charge in [-0.1, -0.05) is 0 Å². The molecule has 3 aromatic rings. The second-order valence-corrected chi connectivity index (χ2v) is 7.15. The maximum atomic E-state index is 12.7. The zero-order chi connectivity index (χ0) is 20.5. The van der Waals surface area contributed by atoms with Crippen molar-refractivity contribution in [2.75, 3.05) is 0 Å². The van der Waals surface area contributed by atoms with Gasteiger partial charge >= 0.3 is 6.18 Å². The number of imidazole rings is 1. The molecule has 1 atom stereocenters. The molecule has 3 N–H and O–H groups in total. The second-order valence-electron chi connectivity index (χ2n) is 7.15. The Morgan fingerprint density at radius 1 is 1.28 bits per heavy atom. The van der Waals surface area contributed by atoms with Crippen LogP contribution >= 0.6 is 12.4 Å². The third kappa shape index (κ3) is 5.45. The molecule has 29 heavy (non-hydrogen) atoms. The van der Waals surface area contributed by atoms with Gasteiger partial charge in [-0.05, 0) is 19.9 Å². The molecule has 158 valence electrons. The molecule has 12 heteroatoms. The topological polar surface area (TPSA) is 103 Å². The minimum Gasteiger partial charge on any atom is -0.348 e. The number of carbonyl (C=O) groups excluding carboxylic acids is 1. The minimum absolute atomic E-state index is 0. The van der Waals surface area contributed by atoms with E-state index in [0.717, 1.165) is 22.8 Å². The van der Waals surface area contributed by atoms with Gasteiger partial charge in [-0.25, -0.2) is 9.97 Å². The first-order valence-electron chi connectivity index (χ1n) is 8.49. The van der Waals surface area contributed by atoms with Crippen LogP contribution in [-0.2, 0) is 23.9 Å². The van der Waals surface area contributed by atoms with E-state index < -0.39 is 29.2 Å². The van der Waals surface area contributed by atoms with E-state index in [4.69, 9.17) is 5.73 Å². The Morgan fingerprint density at radius 2 is 2.00 bits per heavy atom. The summed E-state index contributed by atoms with van der Waals surface area (Å²) in [7, 11) is 0. The fourth-order valence-electron chi connectivity index (χ4n) is 2.81. The standard InChI is InChI=1S/C17H20F3N7O.ClH/c1-16(2,10-26-9-11(7-24-26)17(18,19)20)25-14(28)13(21)6-12-8-23-15-22-4-3-5-27(12)15;/h3-5,7-9,13H,6,10,21H2,1-2H3,(H,25,28);1H/t13-;/m1./s1. The van der Waals surface area contributed by atoms with Crippen molar-refractivity contribution in [2.45, 2.75) is 44.6 Å². The monoisotopic (exact) mass is 431 g/mol. The van der Waals surface area contributed by atoms with Crippen molar-refractivity contribution in [2.24, 2.45) is 5.73 Å². The van der Waals surface area contributed by atoms with Crippen molar-refractivity contribution < 1.29 is 18.0 Å². The predicted molar refractivity (Wildman–Crippen MR) is 101 cm³/mol. The smallest absolute Gasteiger partial charge is 0.348 e. The number of fused-ring (bicyclic) bond motifs is 1. The predicted octanol–water partition coefficient (Wildman–Crippen LogP) is 1.83. The molecule has 0 radical (unpaired) electrons. The van der Waals surface area contributed by atoms with Gasteiger partial charge in [0, 0.05) is 30.7 Å². The molecule has 1 amide bonds. The summed E-state index contributed by atoms with van der Waals surface area (Å²) in [5.74, 6) is 0.0802. The number of hydrogen-bond donors (Lipinski definition) is 2. The van der Waals surface area contributed by atoms with E-state index in [1.54, 1.807) is 42.9 Å². The summed E-state index contributed by atoms with van der Waals surface area (Å²) < 4.78 is 41.0. The Hall–Kier alpha value is -2.66. The Balaban J connectivity index is 0.00000300. The highest BCUT2D eigenvalue weighted by atomic mass is 35.5. The lowest BCUT2D eigenvalue weighted by Crippen LogP contribution is -2.53. The van der Waals surface area contributed by atoms with Crippen LogP contribution in [0.2, 0.25) is 0 Å². The molecule has 0 saturated carbocycles. The van der Waals surface area contributed by atoms with Gasteiger partial charge in [-0.3, -0.25) is 13.9 Å². The SMILES string of the molecule is CC(C)(Cn1cc(C(F)(F)F)cn1)NC(=O)[C@H](N)Cc1cnc2ncccn12.Cl. The normalized spacial score (nSPS) is 13.2. The highest BCUT2D eigenvalue weighted by molar-refractivity contribution is 5.85. The number of halogens is 4. The Bertz CT molecular complexity index is 983. The van der Waals surface area contributed by atoms with Crippen LogP contribution in [0.5, 0.6) is 0 Å². The zero-order valence-corrected chi connectivity index (χ0v) is 16.5. The van der Waals surface area contributed by atoms with Crippen molar-refractivity contribution in [1.29, 1.82) is 0 Å². The van der Waals surface area contributed by atoms with Crippen LogP contribution in [0, 0.1) is 0 Å². The minimum atomic E-state index is -4.46. The molecule has 8 nitrogen and oxygen atoms in total. The molecule has 3 heterocycles. The first-order chi connectivity index (χ1) is 13.0. The average Bonchev–Trinajstić information content (AvgIpc) is 3.21.